The number of likely N-dealkylation sites (N-methyl/N-ethyl adjacent to an activating group) is 1. The standard InChI is InChI=1S/C18H27BN2O4/c1-11-7-12(15(20)14(8-11)16(22)23)9-13(10-21-6)19-24-17(2,3)18(4,5)25-19/h7-9,21H,10,20H2,1-6H3,(H,22,23). The van der Waals surface area contributed by atoms with Gasteiger partial charge in [0, 0.05) is 6.54 Å². The van der Waals surface area contributed by atoms with Crippen molar-refractivity contribution < 1.29 is 19.2 Å². The first kappa shape index (κ1) is 19.5. The molecule has 1 aliphatic rings. The van der Waals surface area contributed by atoms with Gasteiger partial charge in [-0.15, -0.1) is 0 Å². The second-order valence-corrected chi connectivity index (χ2v) is 7.46. The molecule has 4 N–H and O–H groups in total. The summed E-state index contributed by atoms with van der Waals surface area (Å²) in [5.41, 5.74) is 7.85. The summed E-state index contributed by atoms with van der Waals surface area (Å²) in [5, 5.41) is 12.4. The number of aryl methyl sites for hydroxylation is 1. The van der Waals surface area contributed by atoms with Gasteiger partial charge in [0.1, 0.15) is 0 Å². The third kappa shape index (κ3) is 3.89. The number of nitrogens with two attached hydrogens (primary N) is 1. The summed E-state index contributed by atoms with van der Waals surface area (Å²) >= 11 is 0. The average molecular weight is 346 g/mol. The zero-order chi connectivity index (χ0) is 19.0. The van der Waals surface area contributed by atoms with E-state index in [1.165, 1.54) is 0 Å². The zero-order valence-electron chi connectivity index (χ0n) is 15.8. The quantitative estimate of drug-likeness (QED) is 0.560. The summed E-state index contributed by atoms with van der Waals surface area (Å²) in [5.74, 6) is -1.04. The second-order valence-electron chi connectivity index (χ2n) is 7.46. The lowest BCUT2D eigenvalue weighted by Crippen LogP contribution is -2.41. The van der Waals surface area contributed by atoms with E-state index < -0.39 is 24.3 Å². The van der Waals surface area contributed by atoms with Crippen molar-refractivity contribution in [2.75, 3.05) is 19.3 Å². The Balaban J connectivity index is 2.47. The molecule has 136 valence electrons. The lowest BCUT2D eigenvalue weighted by Gasteiger charge is -2.32. The van der Waals surface area contributed by atoms with Crippen molar-refractivity contribution in [1.29, 1.82) is 0 Å². The Labute approximate surface area is 149 Å². The molecular weight excluding hydrogens is 319 g/mol. The monoisotopic (exact) mass is 346 g/mol. The number of nitrogen functional groups attached to an aromatic ring is 1. The van der Waals surface area contributed by atoms with Gasteiger partial charge < -0.3 is 25.5 Å². The number of nitrogens with one attached hydrogen (secondary N) is 1. The molecule has 1 aromatic rings. The van der Waals surface area contributed by atoms with Crippen LogP contribution in [0.5, 0.6) is 0 Å². The Kier molecular flexibility index (Phi) is 5.32. The van der Waals surface area contributed by atoms with Crippen molar-refractivity contribution in [3.63, 3.8) is 0 Å². The molecule has 1 aliphatic heterocycles. The fraction of sp³-hybridized carbons (Fsp3) is 0.500. The molecule has 0 saturated carbocycles. The zero-order valence-corrected chi connectivity index (χ0v) is 15.8. The number of carboxylic acids is 1. The molecule has 0 bridgehead atoms. The van der Waals surface area contributed by atoms with Crippen molar-refractivity contribution >= 4 is 24.9 Å². The lowest BCUT2D eigenvalue weighted by atomic mass is 9.76. The summed E-state index contributed by atoms with van der Waals surface area (Å²) in [6.07, 6.45) is 1.85. The van der Waals surface area contributed by atoms with Crippen molar-refractivity contribution in [2.24, 2.45) is 0 Å². The van der Waals surface area contributed by atoms with E-state index in [1.54, 1.807) is 6.07 Å². The van der Waals surface area contributed by atoms with Crippen LogP contribution < -0.4 is 11.1 Å². The van der Waals surface area contributed by atoms with Gasteiger partial charge in [-0.25, -0.2) is 4.79 Å². The van der Waals surface area contributed by atoms with E-state index in [0.29, 0.717) is 12.1 Å². The first-order valence-electron chi connectivity index (χ1n) is 8.32. The molecule has 0 amide bonds. The van der Waals surface area contributed by atoms with Gasteiger partial charge in [0.25, 0.3) is 0 Å². The number of carbonyl (C=O) groups is 1. The maximum Gasteiger partial charge on any atom is 0.491 e. The fourth-order valence-corrected chi connectivity index (χ4v) is 2.72. The maximum absolute atomic E-state index is 11.4. The molecule has 7 heteroatoms. The predicted octanol–water partition coefficient (Wildman–Crippen LogP) is 2.51. The molecule has 25 heavy (non-hydrogen) atoms. The molecule has 0 aromatic heterocycles. The van der Waals surface area contributed by atoms with Crippen LogP contribution >= 0.6 is 0 Å². The van der Waals surface area contributed by atoms with Crippen molar-refractivity contribution in [3.05, 3.63) is 34.3 Å². The van der Waals surface area contributed by atoms with Crippen LogP contribution in [0.4, 0.5) is 5.69 Å². The van der Waals surface area contributed by atoms with Crippen LogP contribution in [0.2, 0.25) is 0 Å². The van der Waals surface area contributed by atoms with Gasteiger partial charge in [-0.05, 0) is 70.4 Å². The molecule has 0 atom stereocenters. The number of rotatable bonds is 5. The molecule has 2 rings (SSSR count). The van der Waals surface area contributed by atoms with E-state index in [2.05, 4.69) is 5.32 Å². The number of anilines is 1. The fourth-order valence-electron chi connectivity index (χ4n) is 2.72. The van der Waals surface area contributed by atoms with Crippen molar-refractivity contribution in [3.8, 4) is 0 Å². The minimum absolute atomic E-state index is 0.101. The normalized spacial score (nSPS) is 19.3. The molecule has 6 nitrogen and oxygen atoms in total. The topological polar surface area (TPSA) is 93.8 Å². The average Bonchev–Trinajstić information content (AvgIpc) is 2.70. The highest BCUT2D eigenvalue weighted by molar-refractivity contribution is 6.56. The molecule has 1 heterocycles. The molecule has 0 aliphatic carbocycles. The summed E-state index contributed by atoms with van der Waals surface area (Å²) < 4.78 is 12.2. The van der Waals surface area contributed by atoms with Crippen LogP contribution in [0.1, 0.15) is 49.2 Å². The van der Waals surface area contributed by atoms with Gasteiger partial charge in [0.05, 0.1) is 22.5 Å². The number of hydrogen-bond acceptors (Lipinski definition) is 5. The van der Waals surface area contributed by atoms with Crippen LogP contribution in [0.3, 0.4) is 0 Å². The molecular formula is C18H27BN2O4. The Morgan fingerprint density at radius 2 is 1.84 bits per heavy atom. The summed E-state index contributed by atoms with van der Waals surface area (Å²) in [7, 11) is 1.31. The van der Waals surface area contributed by atoms with E-state index in [-0.39, 0.29) is 11.3 Å². The van der Waals surface area contributed by atoms with Crippen LogP contribution in [-0.4, -0.2) is 43.0 Å². The van der Waals surface area contributed by atoms with Gasteiger partial charge in [-0.1, -0.05) is 6.08 Å². The highest BCUT2D eigenvalue weighted by Gasteiger charge is 2.52. The Morgan fingerprint density at radius 1 is 1.28 bits per heavy atom. The molecule has 0 spiro atoms. The highest BCUT2D eigenvalue weighted by Crippen LogP contribution is 2.39. The second kappa shape index (κ2) is 6.82. The lowest BCUT2D eigenvalue weighted by molar-refractivity contribution is 0.00578. The number of carboxylic acid groups (broad SMARTS) is 1. The van der Waals surface area contributed by atoms with E-state index >= 15 is 0 Å². The third-order valence-electron chi connectivity index (χ3n) is 4.86. The van der Waals surface area contributed by atoms with E-state index in [1.807, 2.05) is 53.8 Å². The first-order chi connectivity index (χ1) is 11.5. The van der Waals surface area contributed by atoms with Crippen molar-refractivity contribution in [1.82, 2.24) is 5.32 Å². The largest absolute Gasteiger partial charge is 0.491 e. The Morgan fingerprint density at radius 3 is 2.32 bits per heavy atom. The van der Waals surface area contributed by atoms with Crippen LogP contribution in [0, 0.1) is 6.92 Å². The highest BCUT2D eigenvalue weighted by atomic mass is 16.7. The molecule has 1 aromatic carbocycles. The minimum Gasteiger partial charge on any atom is -0.478 e. The van der Waals surface area contributed by atoms with Crippen LogP contribution in [-0.2, 0) is 9.31 Å². The van der Waals surface area contributed by atoms with Gasteiger partial charge in [-0.2, -0.15) is 0 Å². The van der Waals surface area contributed by atoms with Gasteiger partial charge in [0.15, 0.2) is 0 Å². The minimum atomic E-state index is -1.04. The number of aromatic carboxylic acids is 1. The summed E-state index contributed by atoms with van der Waals surface area (Å²) in [4.78, 5) is 11.4. The smallest absolute Gasteiger partial charge is 0.478 e. The van der Waals surface area contributed by atoms with Gasteiger partial charge in [-0.3, -0.25) is 0 Å². The van der Waals surface area contributed by atoms with Crippen molar-refractivity contribution in [2.45, 2.75) is 45.8 Å². The van der Waals surface area contributed by atoms with E-state index in [9.17, 15) is 9.90 Å². The first-order valence-corrected chi connectivity index (χ1v) is 8.32. The SMILES string of the molecule is CNCC(=Cc1cc(C)cc(C(=O)O)c1N)B1OC(C)(C)C(C)(C)O1. The Bertz CT molecular complexity index is 697. The van der Waals surface area contributed by atoms with E-state index in [0.717, 1.165) is 11.0 Å². The van der Waals surface area contributed by atoms with Crippen LogP contribution in [0.25, 0.3) is 6.08 Å². The van der Waals surface area contributed by atoms with Crippen LogP contribution in [0.15, 0.2) is 17.6 Å². The molecule has 1 saturated heterocycles. The van der Waals surface area contributed by atoms with E-state index in [4.69, 9.17) is 15.0 Å². The summed E-state index contributed by atoms with van der Waals surface area (Å²) in [6.45, 7) is 10.4. The molecule has 0 unspecified atom stereocenters. The van der Waals surface area contributed by atoms with Gasteiger partial charge >= 0.3 is 13.1 Å². The van der Waals surface area contributed by atoms with Gasteiger partial charge in [0.2, 0.25) is 0 Å². The maximum atomic E-state index is 11.4. The predicted molar refractivity (Wildman–Crippen MR) is 101 cm³/mol. The molecule has 1 fully saturated rings. The third-order valence-corrected chi connectivity index (χ3v) is 4.86. The molecule has 0 radical (unpaired) electrons. The number of benzene rings is 1. The number of hydrogen-bond donors (Lipinski definition) is 3. The Hall–Kier alpha value is -1.83. The summed E-state index contributed by atoms with van der Waals surface area (Å²) in [6, 6.07) is 3.43.